The Morgan fingerprint density at radius 3 is 0.933 bits per heavy atom. The standard InChI is InChI=1S/C37H22N4.C35H21N3.C33H20N2.C32H19N3/c1-3-10-25(11-4-1)35-38-36(26-12-5-2-6-13-26)40-37(39-35)41-31-17-8-7-16-28(31)30-22-27-19-18-23-14-9-15-24-20-21-29(34(30)41)33(27)32(23)24;1-2-11-25(12-3-1)37-31-16-7-5-14-29(31)36-35(37)38-30-15-6-4-13-26(30)28-21-24-18-17-22-9-8-10-23-19-20-27(34(28)38)33(24)32(22)23;1-2-8-21(9-3-1)28-13-7-15-30(34-28)35-29-14-5-4-12-25(29)27-20-24-17-16-22-10-6-11-23-18-19-26(33(27)35)32(24)31(22)23;1-2-10-28-24(8-1)26-18-22-12-11-20-6-5-7-21-13-15-25(31(22)30(20)21)32(26)35(28)29-16-14-23(19-34-29)27-9-3-4-17-33-27/h1-22H;1-21H;1-20H;1-19H. The lowest BCUT2D eigenvalue weighted by Crippen LogP contribution is -2.06. The van der Waals surface area contributed by atoms with E-state index in [9.17, 15) is 0 Å². The zero-order valence-electron chi connectivity index (χ0n) is 80.2. The van der Waals surface area contributed by atoms with Gasteiger partial charge in [-0.1, -0.05) is 376 Å². The van der Waals surface area contributed by atoms with Gasteiger partial charge in [-0.25, -0.2) is 19.9 Å². The Morgan fingerprint density at radius 1 is 0.168 bits per heavy atom. The molecule has 12 nitrogen and oxygen atoms in total. The number of imidazole rings is 1. The average molecular weight is 1900 g/mol. The van der Waals surface area contributed by atoms with Crippen LogP contribution in [0.3, 0.4) is 0 Å². The molecule has 0 bridgehead atoms. The van der Waals surface area contributed by atoms with Crippen molar-refractivity contribution in [2.75, 3.05) is 0 Å². The Labute approximate surface area is 851 Å². The second-order valence-electron chi connectivity index (χ2n) is 38.9. The van der Waals surface area contributed by atoms with Crippen molar-refractivity contribution in [1.29, 1.82) is 0 Å². The number of hydrogen-bond donors (Lipinski definition) is 0. The van der Waals surface area contributed by atoms with E-state index in [0.717, 1.165) is 90.0 Å². The highest BCUT2D eigenvalue weighted by Crippen LogP contribution is 2.50. The van der Waals surface area contributed by atoms with E-state index in [2.05, 4.69) is 428 Å². The van der Waals surface area contributed by atoms with Crippen LogP contribution in [0.15, 0.2) is 498 Å². The van der Waals surface area contributed by atoms with Gasteiger partial charge in [-0.05, 0) is 217 Å². The highest BCUT2D eigenvalue weighted by atomic mass is 15.3. The molecule has 0 aliphatic carbocycles. The summed E-state index contributed by atoms with van der Waals surface area (Å²) in [6.45, 7) is 0. The fourth-order valence-electron chi connectivity index (χ4n) is 24.3. The monoisotopic (exact) mass is 1890 g/mol. The minimum atomic E-state index is 0.610. The van der Waals surface area contributed by atoms with Crippen LogP contribution < -0.4 is 0 Å². The van der Waals surface area contributed by atoms with Gasteiger partial charge in [0.15, 0.2) is 11.6 Å². The summed E-state index contributed by atoms with van der Waals surface area (Å²) in [6.07, 6.45) is 3.74. The first kappa shape index (κ1) is 83.4. The molecule has 0 amide bonds. The third-order valence-corrected chi connectivity index (χ3v) is 30.7. The van der Waals surface area contributed by atoms with E-state index in [1.165, 1.54) is 194 Å². The summed E-state index contributed by atoms with van der Waals surface area (Å²) < 4.78 is 11.6. The van der Waals surface area contributed by atoms with Gasteiger partial charge in [0.05, 0.1) is 66.6 Å². The van der Waals surface area contributed by atoms with E-state index in [1.807, 2.05) is 97.3 Å². The van der Waals surface area contributed by atoms with Crippen LogP contribution in [0, 0.1) is 0 Å². The topological polar surface area (TPSA) is 115 Å². The van der Waals surface area contributed by atoms with Crippen molar-refractivity contribution in [3.8, 4) is 74.5 Å². The molecule has 0 N–H and O–H groups in total. The number of pyridine rings is 3. The van der Waals surface area contributed by atoms with Crippen LogP contribution in [0.25, 0.3) is 302 Å². The zero-order chi connectivity index (χ0) is 97.6. The average Bonchev–Trinajstić information content (AvgIpc) is 1.57. The molecule has 0 aliphatic heterocycles. The summed E-state index contributed by atoms with van der Waals surface area (Å²) in [5, 5.41) is 40.6. The van der Waals surface area contributed by atoms with Gasteiger partial charge >= 0.3 is 0 Å². The number of aromatic nitrogens is 12. The van der Waals surface area contributed by atoms with Crippen molar-refractivity contribution in [2.45, 2.75) is 0 Å². The maximum atomic E-state index is 5.27. The van der Waals surface area contributed by atoms with Crippen LogP contribution in [0.1, 0.15) is 0 Å². The molecule has 25 aromatic carbocycles. The normalized spacial score (nSPS) is 12.0. The van der Waals surface area contributed by atoms with E-state index in [4.69, 9.17) is 29.9 Å². The lowest BCUT2D eigenvalue weighted by molar-refractivity contribution is 0.955. The first-order valence-corrected chi connectivity index (χ1v) is 50.6. The summed E-state index contributed by atoms with van der Waals surface area (Å²) in [4.78, 5) is 35.0. The molecule has 9 aromatic heterocycles. The molecule has 690 valence electrons. The van der Waals surface area contributed by atoms with E-state index in [-0.39, 0.29) is 0 Å². The maximum absolute atomic E-state index is 5.27. The van der Waals surface area contributed by atoms with Gasteiger partial charge in [0.2, 0.25) is 11.9 Å². The molecular weight excluding hydrogens is 1810 g/mol. The quantitative estimate of drug-likeness (QED) is 0.132. The van der Waals surface area contributed by atoms with Gasteiger partial charge < -0.3 is 0 Å². The van der Waals surface area contributed by atoms with Crippen LogP contribution in [-0.4, -0.2) is 57.7 Å². The van der Waals surface area contributed by atoms with Gasteiger partial charge in [0.1, 0.15) is 11.6 Å². The minimum absolute atomic E-state index is 0.610. The Morgan fingerprint density at radius 2 is 0.510 bits per heavy atom. The minimum Gasteiger partial charge on any atom is -0.293 e. The molecule has 9 heterocycles. The van der Waals surface area contributed by atoms with Gasteiger partial charge in [0.25, 0.3) is 0 Å². The molecule has 0 saturated heterocycles. The number of para-hydroxylation sites is 7. The van der Waals surface area contributed by atoms with Crippen molar-refractivity contribution in [3.63, 3.8) is 0 Å². The van der Waals surface area contributed by atoms with Crippen molar-refractivity contribution in [3.05, 3.63) is 498 Å². The van der Waals surface area contributed by atoms with Crippen molar-refractivity contribution in [1.82, 2.24) is 57.7 Å². The first-order valence-electron chi connectivity index (χ1n) is 50.6. The molecule has 34 rings (SSSR count). The smallest absolute Gasteiger partial charge is 0.238 e. The molecule has 0 radical (unpaired) electrons. The van der Waals surface area contributed by atoms with Crippen molar-refractivity contribution >= 4 is 228 Å². The number of hydrogen-bond acceptors (Lipinski definition) is 7. The van der Waals surface area contributed by atoms with E-state index in [1.54, 1.807) is 0 Å². The number of fused-ring (bicyclic) bond motifs is 17. The van der Waals surface area contributed by atoms with Crippen LogP contribution >= 0.6 is 0 Å². The van der Waals surface area contributed by atoms with Gasteiger partial charge in [-0.2, -0.15) is 9.97 Å². The third-order valence-electron chi connectivity index (χ3n) is 30.7. The number of rotatable bonds is 9. The Balaban J connectivity index is 0.0000000898. The summed E-state index contributed by atoms with van der Waals surface area (Å²) >= 11 is 0. The highest BCUT2D eigenvalue weighted by molar-refractivity contribution is 6.37. The third kappa shape index (κ3) is 13.0. The molecule has 149 heavy (non-hydrogen) atoms. The summed E-state index contributed by atoms with van der Waals surface area (Å²) in [5.41, 5.74) is 18.4. The van der Waals surface area contributed by atoms with Crippen LogP contribution in [0.4, 0.5) is 0 Å². The second kappa shape index (κ2) is 33.2. The number of nitrogens with zero attached hydrogens (tertiary/aromatic N) is 12. The molecule has 0 atom stereocenters. The van der Waals surface area contributed by atoms with Crippen molar-refractivity contribution in [2.24, 2.45) is 0 Å². The molecule has 0 fully saturated rings. The summed E-state index contributed by atoms with van der Waals surface area (Å²) in [6, 6.07) is 173. The largest absolute Gasteiger partial charge is 0.293 e. The fraction of sp³-hybridized carbons (Fsp3) is 0. The van der Waals surface area contributed by atoms with Gasteiger partial charge in [0, 0.05) is 105 Å². The lowest BCUT2D eigenvalue weighted by Gasteiger charge is -2.15. The van der Waals surface area contributed by atoms with E-state index in [0.29, 0.717) is 17.6 Å². The fourth-order valence-corrected chi connectivity index (χ4v) is 24.3. The first-order chi connectivity index (χ1) is 73.9. The predicted octanol–water partition coefficient (Wildman–Crippen LogP) is 35.1. The van der Waals surface area contributed by atoms with E-state index >= 15 is 0 Å². The molecule has 12 heteroatoms. The number of benzene rings is 25. The van der Waals surface area contributed by atoms with E-state index < -0.39 is 0 Å². The Bertz CT molecular complexity index is 11300. The molecule has 0 spiro atoms. The highest BCUT2D eigenvalue weighted by Gasteiger charge is 2.29. The molecule has 34 aromatic rings. The van der Waals surface area contributed by atoms with Gasteiger partial charge in [-0.3, -0.25) is 27.8 Å². The van der Waals surface area contributed by atoms with Crippen LogP contribution in [0.5, 0.6) is 0 Å². The SMILES string of the molecule is c1ccc(-c2ccc(-n3c4ccccc4c4cc5ccc6cccc7ccc(c5c67)c43)nc2)nc1.c1ccc(-c2cccc(-n3c4ccccc4c4cc5ccc6cccc7ccc(c5c67)c43)n2)cc1.c1ccc(-c2nc(-c3ccccc3)nc(-n3c4ccccc4c4cc5ccc6cccc7ccc(c5c67)c43)n2)cc1.c1ccc(-n2c(-n3c4ccccc4c4cc5ccc6cccc7ccc(c5c67)c43)nc3ccccc32)cc1. The second-order valence-corrected chi connectivity index (χ2v) is 38.9. The molecular formula is C137H82N12. The molecule has 0 saturated carbocycles. The van der Waals surface area contributed by atoms with Crippen molar-refractivity contribution < 1.29 is 0 Å². The Hall–Kier alpha value is -20.2. The lowest BCUT2D eigenvalue weighted by atomic mass is 9.92. The van der Waals surface area contributed by atoms with Crippen LogP contribution in [0.2, 0.25) is 0 Å². The Kier molecular flexibility index (Phi) is 18.6. The maximum Gasteiger partial charge on any atom is 0.238 e. The van der Waals surface area contributed by atoms with Crippen LogP contribution in [-0.2, 0) is 0 Å². The molecule has 0 unspecified atom stereocenters. The predicted molar refractivity (Wildman–Crippen MR) is 621 cm³/mol. The van der Waals surface area contributed by atoms with Gasteiger partial charge in [-0.15, -0.1) is 0 Å². The summed E-state index contributed by atoms with van der Waals surface area (Å²) in [5.74, 6) is 4.66. The zero-order valence-corrected chi connectivity index (χ0v) is 80.2. The molecule has 0 aliphatic rings. The summed E-state index contributed by atoms with van der Waals surface area (Å²) in [7, 11) is 0.